The summed E-state index contributed by atoms with van der Waals surface area (Å²) in [5, 5.41) is 1.84. The lowest BCUT2D eigenvalue weighted by atomic mass is 9.97. The van der Waals surface area contributed by atoms with Crippen LogP contribution in [-0.4, -0.2) is 38.4 Å². The van der Waals surface area contributed by atoms with Crippen molar-refractivity contribution in [3.63, 3.8) is 0 Å². The zero-order valence-corrected chi connectivity index (χ0v) is 12.3. The van der Waals surface area contributed by atoms with Crippen LogP contribution < -0.4 is 0 Å². The molecule has 2 aromatic rings. The number of rotatable bonds is 2. The van der Waals surface area contributed by atoms with Crippen LogP contribution in [-0.2, 0) is 17.8 Å². The van der Waals surface area contributed by atoms with Gasteiger partial charge in [-0.25, -0.2) is 0 Å². The van der Waals surface area contributed by atoms with E-state index in [-0.39, 0.29) is 11.9 Å². The van der Waals surface area contributed by atoms with E-state index in [9.17, 15) is 4.79 Å². The Morgan fingerprint density at radius 2 is 2.24 bits per heavy atom. The number of thiocarbonyl (C=S) groups is 1. The molecule has 1 amide bonds. The first-order valence-corrected chi connectivity index (χ1v) is 7.43. The summed E-state index contributed by atoms with van der Waals surface area (Å²) in [4.78, 5) is 19.7. The summed E-state index contributed by atoms with van der Waals surface area (Å²) in [6.45, 7) is 4.86. The van der Waals surface area contributed by atoms with E-state index in [1.165, 1.54) is 16.6 Å². The van der Waals surface area contributed by atoms with Gasteiger partial charge >= 0.3 is 0 Å². The fourth-order valence-electron chi connectivity index (χ4n) is 3.36. The van der Waals surface area contributed by atoms with Gasteiger partial charge < -0.3 is 9.88 Å². The van der Waals surface area contributed by atoms with Crippen molar-refractivity contribution in [2.24, 2.45) is 0 Å². The molecule has 0 unspecified atom stereocenters. The molecule has 1 fully saturated rings. The number of hydrogen-bond donors (Lipinski definition) is 1. The fraction of sp³-hybridized carbons (Fsp3) is 0.250. The van der Waals surface area contributed by atoms with E-state index < -0.39 is 0 Å². The van der Waals surface area contributed by atoms with Gasteiger partial charge in [-0.2, -0.15) is 0 Å². The second kappa shape index (κ2) is 4.43. The second-order valence-electron chi connectivity index (χ2n) is 5.50. The van der Waals surface area contributed by atoms with Crippen LogP contribution in [0.2, 0.25) is 0 Å². The summed E-state index contributed by atoms with van der Waals surface area (Å²) in [7, 11) is 0. The van der Waals surface area contributed by atoms with Crippen LogP contribution in [0.3, 0.4) is 0 Å². The lowest BCUT2D eigenvalue weighted by molar-refractivity contribution is -0.128. The maximum absolute atomic E-state index is 12.5. The Hall–Kier alpha value is -2.14. The van der Waals surface area contributed by atoms with Crippen LogP contribution >= 0.6 is 12.2 Å². The maximum Gasteiger partial charge on any atom is 0.252 e. The van der Waals surface area contributed by atoms with E-state index in [0.717, 1.165) is 5.52 Å². The van der Waals surface area contributed by atoms with Crippen molar-refractivity contribution in [3.05, 3.63) is 48.2 Å². The highest BCUT2D eigenvalue weighted by molar-refractivity contribution is 7.80. The van der Waals surface area contributed by atoms with E-state index in [0.29, 0.717) is 24.6 Å². The summed E-state index contributed by atoms with van der Waals surface area (Å²) in [5.74, 6) is 0.0934. The minimum Gasteiger partial charge on any atom is -0.357 e. The van der Waals surface area contributed by atoms with Gasteiger partial charge in [-0.05, 0) is 23.8 Å². The first-order valence-electron chi connectivity index (χ1n) is 7.02. The third-order valence-corrected chi connectivity index (χ3v) is 4.80. The van der Waals surface area contributed by atoms with Gasteiger partial charge in [0.1, 0.15) is 6.04 Å². The molecule has 1 saturated heterocycles. The Morgan fingerprint density at radius 1 is 1.43 bits per heavy atom. The normalized spacial score (nSPS) is 20.9. The molecule has 2 aliphatic heterocycles. The first kappa shape index (κ1) is 12.6. The number of hydrogen-bond acceptors (Lipinski definition) is 2. The number of carbonyl (C=O) groups is 1. The number of H-pyrrole nitrogens is 1. The molecule has 1 atom stereocenters. The number of para-hydroxylation sites is 1. The lowest BCUT2D eigenvalue weighted by Gasteiger charge is -2.28. The monoisotopic (exact) mass is 297 g/mol. The van der Waals surface area contributed by atoms with Crippen LogP contribution in [0.1, 0.15) is 11.3 Å². The molecule has 1 aromatic carbocycles. The van der Waals surface area contributed by atoms with Crippen molar-refractivity contribution in [2.75, 3.05) is 6.54 Å². The van der Waals surface area contributed by atoms with Crippen molar-refractivity contribution in [3.8, 4) is 0 Å². The summed E-state index contributed by atoms with van der Waals surface area (Å²) < 4.78 is 0. The van der Waals surface area contributed by atoms with Crippen LogP contribution in [0.15, 0.2) is 36.9 Å². The predicted octanol–water partition coefficient (Wildman–Crippen LogP) is 2.21. The zero-order valence-electron chi connectivity index (χ0n) is 11.5. The molecular weight excluding hydrogens is 282 g/mol. The first-order chi connectivity index (χ1) is 10.2. The van der Waals surface area contributed by atoms with Crippen LogP contribution in [0.5, 0.6) is 0 Å². The minimum absolute atomic E-state index is 0.0934. The molecule has 0 spiro atoms. The van der Waals surface area contributed by atoms with E-state index in [1.807, 2.05) is 17.0 Å². The lowest BCUT2D eigenvalue weighted by Crippen LogP contribution is -2.39. The Balaban J connectivity index is 1.77. The van der Waals surface area contributed by atoms with Gasteiger partial charge in [0, 0.05) is 29.6 Å². The number of nitrogens with one attached hydrogen (secondary N) is 1. The van der Waals surface area contributed by atoms with Crippen molar-refractivity contribution >= 4 is 34.1 Å². The average Bonchev–Trinajstić information content (AvgIpc) is 2.97. The van der Waals surface area contributed by atoms with Gasteiger partial charge in [0.15, 0.2) is 5.11 Å². The molecule has 106 valence electrons. The predicted molar refractivity (Wildman–Crippen MR) is 85.8 cm³/mol. The molecule has 21 heavy (non-hydrogen) atoms. The molecule has 0 aliphatic carbocycles. The van der Waals surface area contributed by atoms with Gasteiger partial charge in [-0.3, -0.25) is 9.69 Å². The number of nitrogens with zero attached hydrogens (tertiary/aromatic N) is 2. The smallest absolute Gasteiger partial charge is 0.252 e. The molecular formula is C16H15N3OS. The summed E-state index contributed by atoms with van der Waals surface area (Å²) >= 11 is 5.46. The van der Waals surface area contributed by atoms with Gasteiger partial charge in [-0.15, -0.1) is 6.58 Å². The van der Waals surface area contributed by atoms with Gasteiger partial charge in [0.25, 0.3) is 5.91 Å². The number of carbonyl (C=O) groups excluding carboxylic acids is 1. The van der Waals surface area contributed by atoms with Crippen molar-refractivity contribution in [2.45, 2.75) is 19.0 Å². The maximum atomic E-state index is 12.5. The largest absolute Gasteiger partial charge is 0.357 e. The van der Waals surface area contributed by atoms with Gasteiger partial charge in [0.05, 0.1) is 6.54 Å². The molecule has 2 aliphatic rings. The van der Waals surface area contributed by atoms with Crippen LogP contribution in [0.25, 0.3) is 10.9 Å². The summed E-state index contributed by atoms with van der Waals surface area (Å²) in [6, 6.07) is 8.08. The van der Waals surface area contributed by atoms with E-state index in [2.05, 4.69) is 23.7 Å². The number of fused-ring (bicyclic) bond motifs is 4. The number of aromatic nitrogens is 1. The minimum atomic E-state index is -0.163. The SMILES string of the molecule is C=CCN1C(=O)[C@H]2Cc3c([nH]c4ccccc34)CN2C1=S. The Labute approximate surface area is 128 Å². The second-order valence-corrected chi connectivity index (χ2v) is 5.86. The van der Waals surface area contributed by atoms with E-state index >= 15 is 0 Å². The molecule has 1 aromatic heterocycles. The van der Waals surface area contributed by atoms with Crippen molar-refractivity contribution < 1.29 is 4.79 Å². The molecule has 5 heteroatoms. The topological polar surface area (TPSA) is 39.3 Å². The zero-order chi connectivity index (χ0) is 14.6. The molecule has 1 N–H and O–H groups in total. The molecule has 0 saturated carbocycles. The highest BCUT2D eigenvalue weighted by Gasteiger charge is 2.44. The van der Waals surface area contributed by atoms with Gasteiger partial charge in [0.2, 0.25) is 0 Å². The van der Waals surface area contributed by atoms with Crippen LogP contribution in [0.4, 0.5) is 0 Å². The number of aromatic amines is 1. The number of amides is 1. The van der Waals surface area contributed by atoms with Crippen LogP contribution in [0, 0.1) is 0 Å². The Bertz CT molecular complexity index is 779. The summed E-state index contributed by atoms with van der Waals surface area (Å²) in [5.41, 5.74) is 3.55. The quantitative estimate of drug-likeness (QED) is 0.682. The van der Waals surface area contributed by atoms with Crippen molar-refractivity contribution in [1.82, 2.24) is 14.8 Å². The van der Waals surface area contributed by atoms with E-state index in [1.54, 1.807) is 11.0 Å². The molecule has 4 nitrogen and oxygen atoms in total. The standard InChI is InChI=1S/C16H15N3OS/c1-2-7-18-15(20)14-8-11-10-5-3-4-6-12(10)17-13(11)9-19(14)16(18)21/h2-6,14,17H,1,7-9H2/t14-/m1/s1. The molecule has 0 bridgehead atoms. The Kier molecular flexibility index (Phi) is 2.65. The fourth-order valence-corrected chi connectivity index (χ4v) is 3.71. The number of benzene rings is 1. The highest BCUT2D eigenvalue weighted by atomic mass is 32.1. The highest BCUT2D eigenvalue weighted by Crippen LogP contribution is 2.34. The van der Waals surface area contributed by atoms with Crippen molar-refractivity contribution in [1.29, 1.82) is 0 Å². The van der Waals surface area contributed by atoms with Gasteiger partial charge in [-0.1, -0.05) is 24.3 Å². The Morgan fingerprint density at radius 3 is 3.05 bits per heavy atom. The average molecular weight is 297 g/mol. The third-order valence-electron chi connectivity index (χ3n) is 4.34. The third kappa shape index (κ3) is 1.67. The molecule has 4 rings (SSSR count). The van der Waals surface area contributed by atoms with E-state index in [4.69, 9.17) is 12.2 Å². The summed E-state index contributed by atoms with van der Waals surface area (Å²) in [6.07, 6.45) is 2.43. The molecule has 0 radical (unpaired) electrons. The molecule has 3 heterocycles.